The van der Waals surface area contributed by atoms with Gasteiger partial charge in [0.1, 0.15) is 23.0 Å². The highest BCUT2D eigenvalue weighted by Gasteiger charge is 2.32. The van der Waals surface area contributed by atoms with Crippen molar-refractivity contribution in [3.05, 3.63) is 35.4 Å². The standard InChI is InChI=1S/C30H46O4S/c1-27(2,3)17-29(7,8)19-13-25(23(33-11)15-21(19)31)35-26-14-20(22(32)16-24(26)34-12)30(9,10)18-28(4,5)6/h13-16,31-32H,17-18H2,1-12H3. The second kappa shape index (κ2) is 10.2. The van der Waals surface area contributed by atoms with Crippen molar-refractivity contribution in [1.82, 2.24) is 0 Å². The minimum absolute atomic E-state index is 0.108. The highest BCUT2D eigenvalue weighted by Crippen LogP contribution is 2.49. The van der Waals surface area contributed by atoms with Gasteiger partial charge in [-0.15, -0.1) is 0 Å². The van der Waals surface area contributed by atoms with E-state index in [1.807, 2.05) is 12.1 Å². The molecule has 4 nitrogen and oxygen atoms in total. The fourth-order valence-corrected chi connectivity index (χ4v) is 6.70. The first kappa shape index (κ1) is 29.2. The highest BCUT2D eigenvalue weighted by atomic mass is 32.2. The van der Waals surface area contributed by atoms with Crippen LogP contribution in [0.4, 0.5) is 0 Å². The summed E-state index contributed by atoms with van der Waals surface area (Å²) in [5.41, 5.74) is 1.53. The van der Waals surface area contributed by atoms with Gasteiger partial charge in [-0.05, 0) is 46.6 Å². The van der Waals surface area contributed by atoms with Gasteiger partial charge in [0.25, 0.3) is 0 Å². The van der Waals surface area contributed by atoms with E-state index in [4.69, 9.17) is 9.47 Å². The van der Waals surface area contributed by atoms with Crippen molar-refractivity contribution < 1.29 is 19.7 Å². The summed E-state index contributed by atoms with van der Waals surface area (Å²) in [6.45, 7) is 22.0. The number of hydrogen-bond acceptors (Lipinski definition) is 5. The van der Waals surface area contributed by atoms with Crippen LogP contribution in [0.15, 0.2) is 34.1 Å². The molecule has 0 atom stereocenters. The van der Waals surface area contributed by atoms with Crippen LogP contribution in [-0.2, 0) is 10.8 Å². The number of methoxy groups -OCH3 is 2. The zero-order valence-corrected chi connectivity index (χ0v) is 24.7. The second-order valence-corrected chi connectivity index (χ2v) is 14.5. The number of aromatic hydroxyl groups is 2. The molecule has 0 saturated heterocycles. The lowest BCUT2D eigenvalue weighted by Gasteiger charge is -2.34. The Hall–Kier alpha value is -2.01. The second-order valence-electron chi connectivity index (χ2n) is 13.4. The van der Waals surface area contributed by atoms with Crippen LogP contribution >= 0.6 is 11.8 Å². The SMILES string of the molecule is COc1cc(O)c(C(C)(C)CC(C)(C)C)cc1Sc1cc(C(C)(C)CC(C)(C)C)c(O)cc1OC. The van der Waals surface area contributed by atoms with Crippen LogP contribution in [0.3, 0.4) is 0 Å². The third kappa shape index (κ3) is 7.49. The molecule has 35 heavy (non-hydrogen) atoms. The minimum atomic E-state index is -0.233. The van der Waals surface area contributed by atoms with Crippen LogP contribution in [0.5, 0.6) is 23.0 Å². The van der Waals surface area contributed by atoms with Gasteiger partial charge in [0, 0.05) is 23.3 Å². The van der Waals surface area contributed by atoms with Gasteiger partial charge in [0.05, 0.1) is 24.0 Å². The van der Waals surface area contributed by atoms with E-state index >= 15 is 0 Å². The molecule has 2 rings (SSSR count). The van der Waals surface area contributed by atoms with E-state index in [1.165, 1.54) is 11.8 Å². The summed E-state index contributed by atoms with van der Waals surface area (Å²) in [5, 5.41) is 21.8. The normalized spacial score (nSPS) is 13.1. The summed E-state index contributed by atoms with van der Waals surface area (Å²) in [6, 6.07) is 7.49. The Morgan fingerprint density at radius 1 is 0.600 bits per heavy atom. The van der Waals surface area contributed by atoms with E-state index in [0.29, 0.717) is 11.5 Å². The lowest BCUT2D eigenvalue weighted by molar-refractivity contribution is 0.277. The first-order valence-corrected chi connectivity index (χ1v) is 13.1. The van der Waals surface area contributed by atoms with E-state index in [2.05, 4.69) is 69.2 Å². The van der Waals surface area contributed by atoms with Crippen molar-refractivity contribution in [1.29, 1.82) is 0 Å². The summed E-state index contributed by atoms with van der Waals surface area (Å²) in [6.07, 6.45) is 1.83. The molecule has 0 fully saturated rings. The van der Waals surface area contributed by atoms with Gasteiger partial charge < -0.3 is 19.7 Å². The third-order valence-electron chi connectivity index (χ3n) is 6.19. The highest BCUT2D eigenvalue weighted by molar-refractivity contribution is 7.99. The van der Waals surface area contributed by atoms with Crippen LogP contribution in [0.1, 0.15) is 93.2 Å². The number of rotatable bonds is 8. The lowest BCUT2D eigenvalue weighted by Crippen LogP contribution is -2.25. The van der Waals surface area contributed by atoms with Gasteiger partial charge in [0.2, 0.25) is 0 Å². The number of benzene rings is 2. The van der Waals surface area contributed by atoms with Gasteiger partial charge in [-0.3, -0.25) is 0 Å². The molecule has 0 amide bonds. The Morgan fingerprint density at radius 2 is 0.914 bits per heavy atom. The first-order chi connectivity index (χ1) is 15.8. The molecule has 0 aromatic heterocycles. The summed E-state index contributed by atoms with van der Waals surface area (Å²) < 4.78 is 11.3. The van der Waals surface area contributed by atoms with E-state index in [1.54, 1.807) is 26.4 Å². The first-order valence-electron chi connectivity index (χ1n) is 12.3. The average Bonchev–Trinajstić information content (AvgIpc) is 2.65. The maximum absolute atomic E-state index is 10.9. The van der Waals surface area contributed by atoms with Gasteiger partial charge in [-0.25, -0.2) is 0 Å². The Morgan fingerprint density at radius 3 is 1.17 bits per heavy atom. The zero-order valence-electron chi connectivity index (χ0n) is 23.8. The van der Waals surface area contributed by atoms with E-state index in [0.717, 1.165) is 33.8 Å². The molecule has 0 heterocycles. The monoisotopic (exact) mass is 502 g/mol. The molecule has 196 valence electrons. The Labute approximate surface area is 217 Å². The number of hydrogen-bond donors (Lipinski definition) is 2. The average molecular weight is 503 g/mol. The van der Waals surface area contributed by atoms with Gasteiger partial charge in [0.15, 0.2) is 0 Å². The molecular weight excluding hydrogens is 456 g/mol. The van der Waals surface area contributed by atoms with Crippen LogP contribution in [0.2, 0.25) is 0 Å². The third-order valence-corrected chi connectivity index (χ3v) is 7.26. The fraction of sp³-hybridized carbons (Fsp3) is 0.600. The molecule has 0 spiro atoms. The lowest BCUT2D eigenvalue weighted by atomic mass is 9.72. The van der Waals surface area contributed by atoms with Crippen LogP contribution in [0.25, 0.3) is 0 Å². The van der Waals surface area contributed by atoms with Crippen molar-refractivity contribution in [3.8, 4) is 23.0 Å². The largest absolute Gasteiger partial charge is 0.508 e. The van der Waals surface area contributed by atoms with Crippen molar-refractivity contribution >= 4 is 11.8 Å². The van der Waals surface area contributed by atoms with Crippen molar-refractivity contribution in [3.63, 3.8) is 0 Å². The van der Waals surface area contributed by atoms with Gasteiger partial charge in [-0.1, -0.05) is 81.0 Å². The molecule has 2 aromatic carbocycles. The topological polar surface area (TPSA) is 58.9 Å². The van der Waals surface area contributed by atoms with E-state index < -0.39 is 0 Å². The van der Waals surface area contributed by atoms with E-state index in [-0.39, 0.29) is 33.2 Å². The Balaban J connectivity index is 2.63. The molecule has 2 N–H and O–H groups in total. The fourth-order valence-electron chi connectivity index (χ4n) is 5.62. The summed E-state index contributed by atoms with van der Waals surface area (Å²) in [4.78, 5) is 1.79. The van der Waals surface area contributed by atoms with Gasteiger partial charge in [-0.2, -0.15) is 0 Å². The Bertz CT molecular complexity index is 956. The number of phenols is 2. The zero-order chi connectivity index (χ0) is 27.0. The van der Waals surface area contributed by atoms with Crippen LogP contribution in [0, 0.1) is 10.8 Å². The summed E-state index contributed by atoms with van der Waals surface area (Å²) in [5.74, 6) is 1.69. The molecule has 0 aliphatic rings. The molecule has 0 aliphatic heterocycles. The molecule has 0 unspecified atom stereocenters. The van der Waals surface area contributed by atoms with E-state index in [9.17, 15) is 10.2 Å². The molecule has 0 saturated carbocycles. The molecule has 0 bridgehead atoms. The molecule has 0 aliphatic carbocycles. The predicted octanol–water partition coefficient (Wildman–Crippen LogP) is 8.69. The number of ether oxygens (including phenoxy) is 2. The molecular formula is C30H46O4S. The maximum Gasteiger partial charge on any atom is 0.136 e. The van der Waals surface area contributed by atoms with Crippen molar-refractivity contribution in [2.24, 2.45) is 10.8 Å². The van der Waals surface area contributed by atoms with Crippen molar-refractivity contribution in [2.75, 3.05) is 14.2 Å². The molecule has 0 radical (unpaired) electrons. The summed E-state index contributed by atoms with van der Waals surface area (Å²) in [7, 11) is 3.23. The summed E-state index contributed by atoms with van der Waals surface area (Å²) >= 11 is 1.53. The maximum atomic E-state index is 10.9. The Kier molecular flexibility index (Phi) is 8.48. The van der Waals surface area contributed by atoms with Crippen molar-refractivity contribution in [2.45, 2.75) is 103 Å². The minimum Gasteiger partial charge on any atom is -0.508 e. The quantitative estimate of drug-likeness (QED) is 0.378. The molecule has 5 heteroatoms. The van der Waals surface area contributed by atoms with Crippen LogP contribution in [-0.4, -0.2) is 24.4 Å². The van der Waals surface area contributed by atoms with Crippen LogP contribution < -0.4 is 9.47 Å². The smallest absolute Gasteiger partial charge is 0.136 e. The van der Waals surface area contributed by atoms with Gasteiger partial charge >= 0.3 is 0 Å². The number of phenolic OH excluding ortho intramolecular Hbond substituents is 2. The molecule has 2 aromatic rings. The predicted molar refractivity (Wildman–Crippen MR) is 148 cm³/mol.